The van der Waals surface area contributed by atoms with Crippen molar-refractivity contribution in [2.24, 2.45) is 0 Å². The molecule has 0 radical (unpaired) electrons. The largest absolute Gasteiger partial charge is 0.399 e. The van der Waals surface area contributed by atoms with Gasteiger partial charge in [-0.25, -0.2) is 0 Å². The topological polar surface area (TPSA) is 127 Å². The Kier molecular flexibility index (Phi) is 4.55. The van der Waals surface area contributed by atoms with Crippen molar-refractivity contribution in [2.75, 3.05) is 24.7 Å². The summed E-state index contributed by atoms with van der Waals surface area (Å²) < 4.78 is 57.1. The van der Waals surface area contributed by atoms with Crippen LogP contribution < -0.4 is 14.8 Å². The minimum absolute atomic E-state index is 0.138. The fraction of sp³-hybridized carbons (Fsp3) is 0.250. The standard InChI is InChI=1S/C8H12N2O6S3/c1-10(2)7-4-3-6(9)5-8(7)16-19(14,15)17-18(11,12)13/h3-5H,9H2,1-2H3,(H,11,12,13). The minimum atomic E-state index is -4.79. The summed E-state index contributed by atoms with van der Waals surface area (Å²) in [7, 11) is -6.78. The summed E-state index contributed by atoms with van der Waals surface area (Å²) >= 11 is 0. The van der Waals surface area contributed by atoms with Gasteiger partial charge in [-0.15, -0.1) is 0 Å². The Labute approximate surface area is 114 Å². The number of rotatable bonds is 5. The Morgan fingerprint density at radius 2 is 1.84 bits per heavy atom. The SMILES string of the molecule is CN(C)c1ccc(N)cc1OS(=O)(=O)SS(=O)(=O)O. The fourth-order valence-electron chi connectivity index (χ4n) is 1.20. The van der Waals surface area contributed by atoms with E-state index in [1.54, 1.807) is 19.0 Å². The van der Waals surface area contributed by atoms with Gasteiger partial charge in [0.2, 0.25) is 0 Å². The van der Waals surface area contributed by atoms with Crippen LogP contribution in [0.5, 0.6) is 5.75 Å². The van der Waals surface area contributed by atoms with Gasteiger partial charge < -0.3 is 14.8 Å². The molecule has 3 N–H and O–H groups in total. The molecule has 0 saturated carbocycles. The molecule has 0 aliphatic heterocycles. The second-order valence-electron chi connectivity index (χ2n) is 3.61. The van der Waals surface area contributed by atoms with Gasteiger partial charge in [0.15, 0.2) is 15.6 Å². The van der Waals surface area contributed by atoms with Crippen LogP contribution in [-0.2, 0) is 18.3 Å². The van der Waals surface area contributed by atoms with Gasteiger partial charge in [-0.05, 0) is 12.1 Å². The van der Waals surface area contributed by atoms with E-state index in [4.69, 9.17) is 10.3 Å². The average molecular weight is 328 g/mol. The molecule has 0 spiro atoms. The van der Waals surface area contributed by atoms with Crippen LogP contribution in [0.1, 0.15) is 0 Å². The summed E-state index contributed by atoms with van der Waals surface area (Å²) in [5.41, 5.74) is 6.13. The molecule has 108 valence electrons. The van der Waals surface area contributed by atoms with E-state index in [9.17, 15) is 16.8 Å². The summed E-state index contributed by atoms with van der Waals surface area (Å²) in [5, 5.41) is 0. The zero-order chi connectivity index (χ0) is 14.8. The summed E-state index contributed by atoms with van der Waals surface area (Å²) in [6.07, 6.45) is 0. The smallest absolute Gasteiger partial charge is 0.383 e. The van der Waals surface area contributed by atoms with Crippen LogP contribution in [0.3, 0.4) is 0 Å². The maximum atomic E-state index is 11.4. The third-order valence-corrected chi connectivity index (χ3v) is 6.82. The monoisotopic (exact) mass is 328 g/mol. The molecule has 0 saturated heterocycles. The predicted octanol–water partition coefficient (Wildman–Crippen LogP) is 0.494. The first-order valence-electron chi connectivity index (χ1n) is 4.70. The van der Waals surface area contributed by atoms with Crippen molar-refractivity contribution in [2.45, 2.75) is 0 Å². The molecule has 0 aliphatic rings. The quantitative estimate of drug-likeness (QED) is 0.451. The Morgan fingerprint density at radius 1 is 1.26 bits per heavy atom. The van der Waals surface area contributed by atoms with Crippen molar-refractivity contribution in [1.29, 1.82) is 0 Å². The zero-order valence-corrected chi connectivity index (χ0v) is 12.4. The number of nitrogens with zero attached hydrogens (tertiary/aromatic N) is 1. The van der Waals surface area contributed by atoms with Gasteiger partial charge in [0.25, 0.3) is 0 Å². The molecule has 0 aliphatic carbocycles. The fourth-order valence-corrected chi connectivity index (χ4v) is 4.87. The Balaban J connectivity index is 3.15. The number of hydrogen-bond donors (Lipinski definition) is 2. The molecule has 0 bridgehead atoms. The van der Waals surface area contributed by atoms with E-state index in [1.807, 2.05) is 0 Å². The lowest BCUT2D eigenvalue weighted by atomic mass is 10.2. The molecule has 11 heteroatoms. The van der Waals surface area contributed by atoms with E-state index in [1.165, 1.54) is 18.2 Å². The molecule has 1 aromatic carbocycles. The van der Waals surface area contributed by atoms with E-state index in [2.05, 4.69) is 4.18 Å². The highest BCUT2D eigenvalue weighted by molar-refractivity contribution is 9.02. The van der Waals surface area contributed by atoms with Crippen molar-refractivity contribution in [3.8, 4) is 5.75 Å². The van der Waals surface area contributed by atoms with E-state index < -0.39 is 28.1 Å². The van der Waals surface area contributed by atoms with Crippen LogP contribution in [0.4, 0.5) is 11.4 Å². The number of nitrogen functional groups attached to an aromatic ring is 1. The molecule has 0 fully saturated rings. The van der Waals surface area contributed by atoms with Gasteiger partial charge in [-0.1, -0.05) is 0 Å². The number of nitrogens with two attached hydrogens (primary N) is 1. The number of hydrogen-bond acceptors (Lipinski definition) is 8. The van der Waals surface area contributed by atoms with Gasteiger partial charge in [0.1, 0.15) is 0 Å². The highest BCUT2D eigenvalue weighted by Crippen LogP contribution is 2.33. The molecular formula is C8H12N2O6S3. The Bertz CT molecular complexity index is 668. The molecule has 1 aromatic rings. The minimum Gasteiger partial charge on any atom is -0.399 e. The van der Waals surface area contributed by atoms with Crippen LogP contribution in [0, 0.1) is 0 Å². The summed E-state index contributed by atoms with van der Waals surface area (Å²) in [6, 6.07) is 4.28. The van der Waals surface area contributed by atoms with Gasteiger partial charge in [-0.2, -0.15) is 16.8 Å². The summed E-state index contributed by atoms with van der Waals surface area (Å²) in [4.78, 5) is 1.56. The van der Waals surface area contributed by atoms with Crippen LogP contribution in [-0.4, -0.2) is 35.5 Å². The van der Waals surface area contributed by atoms with E-state index >= 15 is 0 Å². The van der Waals surface area contributed by atoms with Crippen molar-refractivity contribution in [1.82, 2.24) is 0 Å². The predicted molar refractivity (Wildman–Crippen MR) is 73.9 cm³/mol. The van der Waals surface area contributed by atoms with Crippen molar-refractivity contribution < 1.29 is 25.6 Å². The first-order chi connectivity index (χ1) is 8.50. The molecule has 0 heterocycles. The average Bonchev–Trinajstić information content (AvgIpc) is 2.11. The molecule has 0 unspecified atom stereocenters. The van der Waals surface area contributed by atoms with Crippen LogP contribution >= 0.6 is 9.83 Å². The molecule has 1 rings (SSSR count). The van der Waals surface area contributed by atoms with E-state index in [0.717, 1.165) is 0 Å². The lowest BCUT2D eigenvalue weighted by molar-refractivity contribution is 0.500. The summed E-state index contributed by atoms with van der Waals surface area (Å²) in [6.45, 7) is 0. The van der Waals surface area contributed by atoms with Crippen molar-refractivity contribution >= 4 is 39.5 Å². The van der Waals surface area contributed by atoms with E-state index in [0.29, 0.717) is 5.69 Å². The molecule has 19 heavy (non-hydrogen) atoms. The molecule has 0 aromatic heterocycles. The number of anilines is 2. The highest BCUT2D eigenvalue weighted by Gasteiger charge is 2.25. The normalized spacial score (nSPS) is 12.2. The first kappa shape index (κ1) is 15.9. The maximum absolute atomic E-state index is 11.4. The van der Waals surface area contributed by atoms with E-state index in [-0.39, 0.29) is 11.4 Å². The lowest BCUT2D eigenvalue weighted by Crippen LogP contribution is -2.14. The number of benzene rings is 1. The van der Waals surface area contributed by atoms with Gasteiger partial charge in [0, 0.05) is 25.8 Å². The van der Waals surface area contributed by atoms with Crippen LogP contribution in [0.15, 0.2) is 18.2 Å². The first-order valence-corrected chi connectivity index (χ1v) is 9.40. The highest BCUT2D eigenvalue weighted by atomic mass is 33.5. The Hall–Kier alpha value is -1.17. The van der Waals surface area contributed by atoms with Gasteiger partial charge in [-0.3, -0.25) is 4.55 Å². The van der Waals surface area contributed by atoms with Gasteiger partial charge in [0.05, 0.1) is 5.69 Å². The second-order valence-corrected chi connectivity index (χ2v) is 9.71. The van der Waals surface area contributed by atoms with Crippen LogP contribution in [0.25, 0.3) is 0 Å². The molecule has 0 atom stereocenters. The lowest BCUT2D eigenvalue weighted by Gasteiger charge is -2.17. The zero-order valence-electron chi connectivity index (χ0n) is 9.97. The molecular weight excluding hydrogens is 316 g/mol. The third-order valence-electron chi connectivity index (χ3n) is 1.83. The second kappa shape index (κ2) is 5.45. The van der Waals surface area contributed by atoms with Crippen molar-refractivity contribution in [3.05, 3.63) is 18.2 Å². The van der Waals surface area contributed by atoms with Crippen LogP contribution in [0.2, 0.25) is 0 Å². The van der Waals surface area contributed by atoms with Gasteiger partial charge >= 0.3 is 18.3 Å². The van der Waals surface area contributed by atoms with Crippen molar-refractivity contribution in [3.63, 3.8) is 0 Å². The molecule has 0 amide bonds. The maximum Gasteiger partial charge on any atom is 0.383 e. The molecule has 8 nitrogen and oxygen atoms in total. The third kappa shape index (κ3) is 5.14. The summed E-state index contributed by atoms with van der Waals surface area (Å²) in [5.74, 6) is -0.138. The Morgan fingerprint density at radius 3 is 2.32 bits per heavy atom.